The van der Waals surface area contributed by atoms with E-state index in [0.29, 0.717) is 23.6 Å². The normalized spacial score (nSPS) is 10.8. The monoisotopic (exact) mass is 435 g/mol. The zero-order chi connectivity index (χ0) is 23.2. The molecule has 1 aromatic carbocycles. The van der Waals surface area contributed by atoms with Crippen molar-refractivity contribution in [3.8, 4) is 5.69 Å². The molecule has 0 aliphatic carbocycles. The molecule has 0 aliphatic heterocycles. The van der Waals surface area contributed by atoms with Crippen molar-refractivity contribution in [2.45, 2.75) is 26.6 Å². The molecule has 4 N–H and O–H groups in total. The first-order valence-corrected chi connectivity index (χ1v) is 8.91. The molecule has 0 unspecified atom stereocenters. The van der Waals surface area contributed by atoms with Crippen LogP contribution in [-0.4, -0.2) is 37.7 Å². The highest BCUT2D eigenvalue weighted by Gasteiger charge is 2.38. The molecule has 0 spiro atoms. The highest BCUT2D eigenvalue weighted by molar-refractivity contribution is 6.02. The second-order valence-electron chi connectivity index (χ2n) is 6.31. The summed E-state index contributed by atoms with van der Waals surface area (Å²) in [5.41, 5.74) is 10.4. The Labute approximate surface area is 175 Å². The molecule has 0 fully saturated rings. The summed E-state index contributed by atoms with van der Waals surface area (Å²) in [6.07, 6.45) is -3.29. The van der Waals surface area contributed by atoms with E-state index in [2.05, 4.69) is 15.3 Å². The molecular formula is C20H20F3N5O3. The van der Waals surface area contributed by atoms with Gasteiger partial charge in [-0.05, 0) is 50.2 Å². The first kappa shape index (κ1) is 23.5. The van der Waals surface area contributed by atoms with Gasteiger partial charge in [-0.1, -0.05) is 6.07 Å². The number of anilines is 1. The number of carbonyl (C=O) groups is 2. The van der Waals surface area contributed by atoms with Crippen molar-refractivity contribution in [3.63, 3.8) is 0 Å². The largest absolute Gasteiger partial charge is 0.490 e. The van der Waals surface area contributed by atoms with E-state index < -0.39 is 12.1 Å². The van der Waals surface area contributed by atoms with Gasteiger partial charge in [0, 0.05) is 23.6 Å². The summed E-state index contributed by atoms with van der Waals surface area (Å²) in [6, 6.07) is 12.8. The predicted octanol–water partition coefficient (Wildman–Crippen LogP) is 3.23. The molecule has 8 nitrogen and oxygen atoms in total. The van der Waals surface area contributed by atoms with Crippen LogP contribution in [0.25, 0.3) is 5.69 Å². The topological polar surface area (TPSA) is 123 Å². The van der Waals surface area contributed by atoms with Crippen LogP contribution in [0, 0.1) is 13.8 Å². The number of halogens is 3. The van der Waals surface area contributed by atoms with Crippen molar-refractivity contribution in [3.05, 3.63) is 71.6 Å². The van der Waals surface area contributed by atoms with Crippen LogP contribution in [0.3, 0.4) is 0 Å². The van der Waals surface area contributed by atoms with Gasteiger partial charge in [0.2, 0.25) is 0 Å². The van der Waals surface area contributed by atoms with Gasteiger partial charge in [-0.25, -0.2) is 14.8 Å². The summed E-state index contributed by atoms with van der Waals surface area (Å²) in [5.74, 6) is -3.01. The third-order valence-electron chi connectivity index (χ3n) is 4.15. The van der Waals surface area contributed by atoms with Crippen LogP contribution in [0.4, 0.5) is 18.9 Å². The number of amides is 1. The number of aliphatic carboxylic acids is 1. The first-order valence-electron chi connectivity index (χ1n) is 8.91. The number of pyridine rings is 1. The number of carboxylic acid groups (broad SMARTS) is 1. The predicted molar refractivity (Wildman–Crippen MR) is 107 cm³/mol. The van der Waals surface area contributed by atoms with E-state index in [0.717, 1.165) is 17.1 Å². The zero-order valence-electron chi connectivity index (χ0n) is 16.6. The van der Waals surface area contributed by atoms with Crippen LogP contribution in [0.1, 0.15) is 27.6 Å². The Hall–Kier alpha value is -3.73. The minimum atomic E-state index is -5.08. The van der Waals surface area contributed by atoms with E-state index in [-0.39, 0.29) is 5.91 Å². The number of carbonyl (C=O) groups excluding carboxylic acids is 1. The van der Waals surface area contributed by atoms with Gasteiger partial charge in [0.05, 0.1) is 17.7 Å². The second kappa shape index (κ2) is 9.85. The average Bonchev–Trinajstić information content (AvgIpc) is 3.07. The highest BCUT2D eigenvalue weighted by atomic mass is 19.4. The molecule has 1 amide bonds. The van der Waals surface area contributed by atoms with Gasteiger partial charge in [-0.15, -0.1) is 0 Å². The fourth-order valence-electron chi connectivity index (χ4n) is 2.38. The van der Waals surface area contributed by atoms with E-state index in [1.165, 1.54) is 0 Å². The lowest BCUT2D eigenvalue weighted by Crippen LogP contribution is -2.21. The Morgan fingerprint density at radius 3 is 2.23 bits per heavy atom. The van der Waals surface area contributed by atoms with E-state index >= 15 is 0 Å². The Morgan fingerprint density at radius 1 is 1.13 bits per heavy atom. The SMILES string of the molecule is Cc1ncn(-c2ccc(NC(=O)c3cccc(CN)n3)cc2)c1C.O=C(O)C(F)(F)F. The van der Waals surface area contributed by atoms with Gasteiger partial charge in [-0.3, -0.25) is 4.79 Å². The van der Waals surface area contributed by atoms with E-state index in [9.17, 15) is 18.0 Å². The molecule has 0 aliphatic rings. The number of carboxylic acids is 1. The van der Waals surface area contributed by atoms with Crippen molar-refractivity contribution in [2.24, 2.45) is 5.73 Å². The summed E-state index contributed by atoms with van der Waals surface area (Å²) >= 11 is 0. The molecular weight excluding hydrogens is 415 g/mol. The number of hydrogen-bond acceptors (Lipinski definition) is 5. The number of aromatic nitrogens is 3. The number of alkyl halides is 3. The molecule has 3 rings (SSSR count). The van der Waals surface area contributed by atoms with Crippen molar-refractivity contribution >= 4 is 17.6 Å². The number of nitrogens with two attached hydrogens (primary N) is 1. The molecule has 3 aromatic rings. The van der Waals surface area contributed by atoms with Crippen LogP contribution in [-0.2, 0) is 11.3 Å². The second-order valence-corrected chi connectivity index (χ2v) is 6.31. The van der Waals surface area contributed by atoms with Crippen LogP contribution < -0.4 is 11.1 Å². The number of hydrogen-bond donors (Lipinski definition) is 3. The maximum absolute atomic E-state index is 12.3. The van der Waals surface area contributed by atoms with Crippen LogP contribution in [0.15, 0.2) is 48.8 Å². The van der Waals surface area contributed by atoms with Crippen molar-refractivity contribution in [2.75, 3.05) is 5.32 Å². The third-order valence-corrected chi connectivity index (χ3v) is 4.15. The molecule has 0 saturated carbocycles. The molecule has 164 valence electrons. The number of benzene rings is 1. The molecule has 0 saturated heterocycles. The molecule has 0 radical (unpaired) electrons. The molecule has 31 heavy (non-hydrogen) atoms. The summed E-state index contributed by atoms with van der Waals surface area (Å²) in [7, 11) is 0. The summed E-state index contributed by atoms with van der Waals surface area (Å²) in [5, 5.41) is 9.97. The first-order chi connectivity index (χ1) is 14.5. The molecule has 2 heterocycles. The fourth-order valence-corrected chi connectivity index (χ4v) is 2.38. The number of nitrogens with zero attached hydrogens (tertiary/aromatic N) is 3. The van der Waals surface area contributed by atoms with Crippen molar-refractivity contribution < 1.29 is 27.9 Å². The summed E-state index contributed by atoms with van der Waals surface area (Å²) in [4.78, 5) is 29.7. The van der Waals surface area contributed by atoms with Gasteiger partial charge in [0.25, 0.3) is 5.91 Å². The number of imidazole rings is 1. The average molecular weight is 435 g/mol. The van der Waals surface area contributed by atoms with E-state index in [1.54, 1.807) is 24.5 Å². The highest BCUT2D eigenvalue weighted by Crippen LogP contribution is 2.17. The van der Waals surface area contributed by atoms with E-state index in [4.69, 9.17) is 15.6 Å². The molecule has 0 atom stereocenters. The minimum absolute atomic E-state index is 0.257. The quantitative estimate of drug-likeness (QED) is 0.578. The van der Waals surface area contributed by atoms with Crippen molar-refractivity contribution in [1.29, 1.82) is 0 Å². The Balaban J connectivity index is 0.000000423. The summed E-state index contributed by atoms with van der Waals surface area (Å²) < 4.78 is 33.7. The number of aryl methyl sites for hydroxylation is 1. The standard InChI is InChI=1S/C18H19N5O.C2HF3O2/c1-12-13(2)23(11-20-12)16-8-6-14(7-9-16)22-18(24)17-5-3-4-15(10-19)21-17;3-2(4,5)1(6)7/h3-9,11H,10,19H2,1-2H3,(H,22,24);(H,6,7). The number of rotatable bonds is 4. The van der Waals surface area contributed by atoms with Crippen molar-refractivity contribution in [1.82, 2.24) is 14.5 Å². The van der Waals surface area contributed by atoms with Crippen LogP contribution in [0.5, 0.6) is 0 Å². The molecule has 11 heteroatoms. The van der Waals surface area contributed by atoms with Gasteiger partial charge >= 0.3 is 12.1 Å². The van der Waals surface area contributed by atoms with Crippen LogP contribution >= 0.6 is 0 Å². The van der Waals surface area contributed by atoms with Gasteiger partial charge < -0.3 is 20.7 Å². The maximum Gasteiger partial charge on any atom is 0.490 e. The lowest BCUT2D eigenvalue weighted by Gasteiger charge is -2.09. The number of nitrogens with one attached hydrogen (secondary N) is 1. The maximum atomic E-state index is 12.3. The van der Waals surface area contributed by atoms with E-state index in [1.807, 2.05) is 42.7 Å². The zero-order valence-corrected chi connectivity index (χ0v) is 16.6. The lowest BCUT2D eigenvalue weighted by molar-refractivity contribution is -0.192. The Bertz CT molecular complexity index is 1060. The molecule has 2 aromatic heterocycles. The van der Waals surface area contributed by atoms with Gasteiger partial charge in [-0.2, -0.15) is 13.2 Å². The minimum Gasteiger partial charge on any atom is -0.475 e. The smallest absolute Gasteiger partial charge is 0.475 e. The van der Waals surface area contributed by atoms with Crippen LogP contribution in [0.2, 0.25) is 0 Å². The Kier molecular flexibility index (Phi) is 7.48. The molecule has 0 bridgehead atoms. The lowest BCUT2D eigenvalue weighted by atomic mass is 10.2. The summed E-state index contributed by atoms with van der Waals surface area (Å²) in [6.45, 7) is 4.30. The fraction of sp³-hybridized carbons (Fsp3) is 0.200. The van der Waals surface area contributed by atoms with Gasteiger partial charge in [0.15, 0.2) is 0 Å². The Morgan fingerprint density at radius 2 is 1.74 bits per heavy atom. The third kappa shape index (κ3) is 6.37. The van der Waals surface area contributed by atoms with Gasteiger partial charge in [0.1, 0.15) is 5.69 Å².